The van der Waals surface area contributed by atoms with Gasteiger partial charge < -0.3 is 9.47 Å². The average Bonchev–Trinajstić information content (AvgIpc) is 2.43. The summed E-state index contributed by atoms with van der Waals surface area (Å²) in [5.41, 5.74) is -0.453. The highest BCUT2D eigenvalue weighted by Gasteiger charge is 2.33. The van der Waals surface area contributed by atoms with Crippen molar-refractivity contribution < 1.29 is 14.3 Å². The van der Waals surface area contributed by atoms with Crippen LogP contribution in [0.15, 0.2) is 4.99 Å². The van der Waals surface area contributed by atoms with Crippen molar-refractivity contribution in [2.45, 2.75) is 45.8 Å². The minimum atomic E-state index is -0.453. The van der Waals surface area contributed by atoms with Crippen LogP contribution in [0, 0.1) is 5.92 Å². The first kappa shape index (κ1) is 12.0. The highest BCUT2D eigenvalue weighted by molar-refractivity contribution is 5.87. The number of hydrogen-bond acceptors (Lipinski definition) is 4. The molecule has 0 amide bonds. The zero-order valence-electron chi connectivity index (χ0n) is 10.0. The molecule has 0 bridgehead atoms. The van der Waals surface area contributed by atoms with Crippen LogP contribution in [0.3, 0.4) is 0 Å². The third kappa shape index (κ3) is 3.22. The molecular formula is C11H19NO3. The zero-order valence-corrected chi connectivity index (χ0v) is 10.0. The second-order valence-corrected chi connectivity index (χ2v) is 4.86. The van der Waals surface area contributed by atoms with Gasteiger partial charge in [-0.05, 0) is 27.2 Å². The summed E-state index contributed by atoms with van der Waals surface area (Å²) in [5, 5.41) is 0. The van der Waals surface area contributed by atoms with Crippen LogP contribution in [0.1, 0.15) is 34.1 Å². The van der Waals surface area contributed by atoms with Gasteiger partial charge in [-0.15, -0.1) is 0 Å². The van der Waals surface area contributed by atoms with Crippen LogP contribution < -0.4 is 0 Å². The second kappa shape index (κ2) is 4.21. The molecule has 4 heteroatoms. The van der Waals surface area contributed by atoms with E-state index in [-0.39, 0.29) is 11.9 Å². The molecule has 15 heavy (non-hydrogen) atoms. The molecule has 0 aliphatic carbocycles. The topological polar surface area (TPSA) is 47.9 Å². The number of carbonyl (C=O) groups excluding carboxylic acids is 1. The van der Waals surface area contributed by atoms with E-state index in [0.717, 1.165) is 0 Å². The Morgan fingerprint density at radius 2 is 2.07 bits per heavy atom. The van der Waals surface area contributed by atoms with Gasteiger partial charge in [-0.25, -0.2) is 9.79 Å². The fraction of sp³-hybridized carbons (Fsp3) is 0.818. The van der Waals surface area contributed by atoms with Crippen molar-refractivity contribution in [2.75, 3.05) is 7.11 Å². The fourth-order valence-electron chi connectivity index (χ4n) is 1.54. The van der Waals surface area contributed by atoms with Crippen LogP contribution in [-0.4, -0.2) is 30.6 Å². The van der Waals surface area contributed by atoms with Crippen LogP contribution in [0.2, 0.25) is 0 Å². The maximum absolute atomic E-state index is 11.7. The molecule has 0 aromatic heterocycles. The van der Waals surface area contributed by atoms with Crippen LogP contribution in [0.25, 0.3) is 0 Å². The number of carbonyl (C=O) groups is 1. The molecule has 0 radical (unpaired) electrons. The molecule has 0 N–H and O–H groups in total. The fourth-order valence-corrected chi connectivity index (χ4v) is 1.54. The predicted octanol–water partition coefficient (Wildman–Crippen LogP) is 1.78. The van der Waals surface area contributed by atoms with Gasteiger partial charge in [-0.1, -0.05) is 6.92 Å². The number of methoxy groups -OCH3 is 1. The number of esters is 1. The summed E-state index contributed by atoms with van der Waals surface area (Å²) >= 11 is 0. The number of hydrogen-bond donors (Lipinski definition) is 0. The van der Waals surface area contributed by atoms with E-state index in [0.29, 0.717) is 12.3 Å². The molecule has 1 aliphatic rings. The SMILES string of the molecule is COC1=N[C@H](C(=O)OC(C)(C)C)C[C@@H]1C. The number of aliphatic imine (C=N–C) groups is 1. The molecule has 2 atom stereocenters. The summed E-state index contributed by atoms with van der Waals surface area (Å²) in [5.74, 6) is 0.583. The van der Waals surface area contributed by atoms with Gasteiger partial charge in [-0.3, -0.25) is 0 Å². The summed E-state index contributed by atoms with van der Waals surface area (Å²) < 4.78 is 10.3. The van der Waals surface area contributed by atoms with Crippen molar-refractivity contribution >= 4 is 11.9 Å². The van der Waals surface area contributed by atoms with Crippen molar-refractivity contribution in [3.05, 3.63) is 0 Å². The van der Waals surface area contributed by atoms with Gasteiger partial charge in [0.15, 0.2) is 11.9 Å². The van der Waals surface area contributed by atoms with Crippen LogP contribution in [0.5, 0.6) is 0 Å². The summed E-state index contributed by atoms with van der Waals surface area (Å²) in [4.78, 5) is 15.9. The van der Waals surface area contributed by atoms with E-state index in [1.807, 2.05) is 27.7 Å². The van der Waals surface area contributed by atoms with Gasteiger partial charge in [0.25, 0.3) is 0 Å². The lowest BCUT2D eigenvalue weighted by molar-refractivity contribution is -0.156. The molecule has 0 saturated heterocycles. The van der Waals surface area contributed by atoms with Gasteiger partial charge in [0.05, 0.1) is 7.11 Å². The minimum Gasteiger partial charge on any atom is -0.484 e. The lowest BCUT2D eigenvalue weighted by Gasteiger charge is -2.21. The van der Waals surface area contributed by atoms with Gasteiger partial charge in [-0.2, -0.15) is 0 Å². The van der Waals surface area contributed by atoms with Gasteiger partial charge in [0.1, 0.15) is 5.60 Å². The molecule has 1 heterocycles. The smallest absolute Gasteiger partial charge is 0.331 e. The zero-order chi connectivity index (χ0) is 11.6. The van der Waals surface area contributed by atoms with Crippen molar-refractivity contribution in [2.24, 2.45) is 10.9 Å². The van der Waals surface area contributed by atoms with Crippen LogP contribution in [-0.2, 0) is 14.3 Å². The Balaban J connectivity index is 2.61. The molecule has 0 unspecified atom stereocenters. The van der Waals surface area contributed by atoms with E-state index < -0.39 is 11.6 Å². The third-order valence-corrected chi connectivity index (χ3v) is 2.17. The monoisotopic (exact) mass is 213 g/mol. The summed E-state index contributed by atoms with van der Waals surface area (Å²) in [7, 11) is 1.58. The van der Waals surface area contributed by atoms with E-state index >= 15 is 0 Å². The maximum atomic E-state index is 11.7. The number of nitrogens with zero attached hydrogens (tertiary/aromatic N) is 1. The Labute approximate surface area is 90.7 Å². The van der Waals surface area contributed by atoms with Crippen molar-refractivity contribution in [3.63, 3.8) is 0 Å². The van der Waals surface area contributed by atoms with Gasteiger partial charge >= 0.3 is 5.97 Å². The number of ether oxygens (including phenoxy) is 2. The molecule has 4 nitrogen and oxygen atoms in total. The lowest BCUT2D eigenvalue weighted by atomic mass is 10.1. The second-order valence-electron chi connectivity index (χ2n) is 4.86. The molecule has 1 aliphatic heterocycles. The molecule has 1 rings (SSSR count). The summed E-state index contributed by atoms with van der Waals surface area (Å²) in [6.07, 6.45) is 0.679. The Morgan fingerprint density at radius 3 is 2.47 bits per heavy atom. The van der Waals surface area contributed by atoms with Crippen molar-refractivity contribution in [3.8, 4) is 0 Å². The van der Waals surface area contributed by atoms with E-state index in [1.165, 1.54) is 0 Å². The Kier molecular flexibility index (Phi) is 3.37. The molecule has 0 aromatic rings. The van der Waals surface area contributed by atoms with E-state index in [9.17, 15) is 4.79 Å². The first-order chi connectivity index (χ1) is 6.83. The average molecular weight is 213 g/mol. The third-order valence-electron chi connectivity index (χ3n) is 2.17. The maximum Gasteiger partial charge on any atom is 0.331 e. The van der Waals surface area contributed by atoms with Gasteiger partial charge in [0, 0.05) is 5.92 Å². The predicted molar refractivity (Wildman–Crippen MR) is 57.9 cm³/mol. The largest absolute Gasteiger partial charge is 0.484 e. The van der Waals surface area contributed by atoms with Crippen molar-refractivity contribution in [1.82, 2.24) is 0 Å². The summed E-state index contributed by atoms with van der Waals surface area (Å²) in [6, 6.07) is -0.394. The normalized spacial score (nSPS) is 26.1. The molecular weight excluding hydrogens is 194 g/mol. The highest BCUT2D eigenvalue weighted by atomic mass is 16.6. The molecule has 0 fully saturated rings. The molecule has 86 valence electrons. The van der Waals surface area contributed by atoms with Gasteiger partial charge in [0.2, 0.25) is 0 Å². The van der Waals surface area contributed by atoms with E-state index in [1.54, 1.807) is 7.11 Å². The van der Waals surface area contributed by atoms with E-state index in [2.05, 4.69) is 4.99 Å². The Hall–Kier alpha value is -1.06. The van der Waals surface area contributed by atoms with Crippen molar-refractivity contribution in [1.29, 1.82) is 0 Å². The molecule has 0 saturated carbocycles. The van der Waals surface area contributed by atoms with Crippen LogP contribution in [0.4, 0.5) is 0 Å². The molecule has 0 aromatic carbocycles. The lowest BCUT2D eigenvalue weighted by Crippen LogP contribution is -2.30. The number of rotatable bonds is 1. The minimum absolute atomic E-state index is 0.201. The van der Waals surface area contributed by atoms with E-state index in [4.69, 9.17) is 9.47 Å². The summed E-state index contributed by atoms with van der Waals surface area (Å²) in [6.45, 7) is 7.55. The Bertz CT molecular complexity index is 278. The Morgan fingerprint density at radius 1 is 1.47 bits per heavy atom. The molecule has 0 spiro atoms. The standard InChI is InChI=1S/C11H19NO3/c1-7-6-8(12-9(7)14-5)10(13)15-11(2,3)4/h7-8H,6H2,1-5H3/t7-,8-/m0/s1. The highest BCUT2D eigenvalue weighted by Crippen LogP contribution is 2.22. The van der Waals surface area contributed by atoms with Crippen LogP contribution >= 0.6 is 0 Å². The quantitative estimate of drug-likeness (QED) is 0.624. The first-order valence-corrected chi connectivity index (χ1v) is 5.18. The first-order valence-electron chi connectivity index (χ1n) is 5.18.